The lowest BCUT2D eigenvalue weighted by Crippen LogP contribution is -2.51. The number of aryl methyl sites for hydroxylation is 1. The maximum Gasteiger partial charge on any atom is 0.251 e. The van der Waals surface area contributed by atoms with Crippen LogP contribution in [0, 0.1) is 5.92 Å². The van der Waals surface area contributed by atoms with E-state index in [1.807, 2.05) is 44.2 Å². The number of carbonyl (C=O) groups is 2. The number of amides is 1. The number of nitrogens with one attached hydrogen (secondary N) is 2. The third-order valence-corrected chi connectivity index (χ3v) is 6.99. The maximum absolute atomic E-state index is 12.6. The molecule has 1 fully saturated rings. The molecule has 1 heterocycles. The normalized spacial score (nSPS) is 23.5. The fourth-order valence-corrected chi connectivity index (χ4v) is 5.12. The van der Waals surface area contributed by atoms with Gasteiger partial charge in [-0.25, -0.2) is 0 Å². The van der Waals surface area contributed by atoms with Crippen LogP contribution >= 0.6 is 0 Å². The SMILES string of the molecule is CNC(=O)c1ccc(NCCCc2ccc3c(c2)[C@@H](C2CCCC2=O)[C@H](O)C(C)(C)O3)cc1. The van der Waals surface area contributed by atoms with Crippen molar-refractivity contribution in [1.82, 2.24) is 5.32 Å². The molecule has 2 aromatic rings. The van der Waals surface area contributed by atoms with Crippen LogP contribution in [0.25, 0.3) is 0 Å². The number of ketones is 1. The van der Waals surface area contributed by atoms with E-state index < -0.39 is 11.7 Å². The van der Waals surface area contributed by atoms with Gasteiger partial charge in [0.15, 0.2) is 0 Å². The number of rotatable bonds is 7. The van der Waals surface area contributed by atoms with Crippen molar-refractivity contribution in [3.05, 3.63) is 59.2 Å². The fourth-order valence-electron chi connectivity index (χ4n) is 5.12. The van der Waals surface area contributed by atoms with Crippen LogP contribution < -0.4 is 15.4 Å². The molecule has 1 saturated carbocycles. The van der Waals surface area contributed by atoms with Crippen LogP contribution in [0.15, 0.2) is 42.5 Å². The largest absolute Gasteiger partial charge is 0.485 e. The van der Waals surface area contributed by atoms with E-state index in [1.165, 1.54) is 5.56 Å². The van der Waals surface area contributed by atoms with Crippen molar-refractivity contribution in [2.75, 3.05) is 18.9 Å². The number of Topliss-reactive ketones (excluding diaryl/α,β-unsaturated/α-hetero) is 1. The second-order valence-corrected chi connectivity index (χ2v) is 9.70. The predicted molar refractivity (Wildman–Crippen MR) is 129 cm³/mol. The number of ether oxygens (including phenoxy) is 1. The highest BCUT2D eigenvalue weighted by Gasteiger charge is 2.48. The van der Waals surface area contributed by atoms with Crippen LogP contribution in [0.3, 0.4) is 0 Å². The van der Waals surface area contributed by atoms with E-state index in [4.69, 9.17) is 4.74 Å². The van der Waals surface area contributed by atoms with E-state index in [2.05, 4.69) is 22.8 Å². The highest BCUT2D eigenvalue weighted by molar-refractivity contribution is 5.94. The highest BCUT2D eigenvalue weighted by atomic mass is 16.5. The van der Waals surface area contributed by atoms with Crippen LogP contribution in [0.2, 0.25) is 0 Å². The Labute approximate surface area is 195 Å². The number of anilines is 1. The van der Waals surface area contributed by atoms with Gasteiger partial charge in [-0.1, -0.05) is 12.1 Å². The highest BCUT2D eigenvalue weighted by Crippen LogP contribution is 2.48. The van der Waals surface area contributed by atoms with Gasteiger partial charge in [-0.05, 0) is 75.4 Å². The van der Waals surface area contributed by atoms with E-state index in [0.29, 0.717) is 12.0 Å². The van der Waals surface area contributed by atoms with Gasteiger partial charge in [-0.15, -0.1) is 0 Å². The summed E-state index contributed by atoms with van der Waals surface area (Å²) >= 11 is 0. The molecule has 3 N–H and O–H groups in total. The molecule has 2 aliphatic rings. The lowest BCUT2D eigenvalue weighted by molar-refractivity contribution is -0.125. The first-order valence-corrected chi connectivity index (χ1v) is 11.9. The summed E-state index contributed by atoms with van der Waals surface area (Å²) in [5.41, 5.74) is 3.04. The summed E-state index contributed by atoms with van der Waals surface area (Å²) in [4.78, 5) is 24.2. The van der Waals surface area contributed by atoms with Crippen LogP contribution in [-0.2, 0) is 11.2 Å². The van der Waals surface area contributed by atoms with Crippen molar-refractivity contribution in [3.8, 4) is 5.75 Å². The Bertz CT molecular complexity index is 1020. The number of benzene rings is 2. The molecule has 1 unspecified atom stereocenters. The summed E-state index contributed by atoms with van der Waals surface area (Å²) in [6, 6.07) is 13.6. The maximum atomic E-state index is 12.6. The molecule has 0 spiro atoms. The Morgan fingerprint density at radius 1 is 1.18 bits per heavy atom. The molecule has 0 saturated heterocycles. The van der Waals surface area contributed by atoms with Gasteiger partial charge in [0, 0.05) is 48.7 Å². The number of carbonyl (C=O) groups excluding carboxylic acids is 2. The second kappa shape index (κ2) is 9.56. The van der Waals surface area contributed by atoms with E-state index in [0.717, 1.165) is 49.2 Å². The molecule has 0 radical (unpaired) electrons. The molecule has 1 amide bonds. The van der Waals surface area contributed by atoms with Crippen molar-refractivity contribution in [3.63, 3.8) is 0 Å². The number of hydrogen-bond donors (Lipinski definition) is 3. The van der Waals surface area contributed by atoms with Gasteiger partial charge in [0.1, 0.15) is 23.2 Å². The van der Waals surface area contributed by atoms with E-state index in [1.54, 1.807) is 7.05 Å². The van der Waals surface area contributed by atoms with E-state index in [-0.39, 0.29) is 23.5 Å². The summed E-state index contributed by atoms with van der Waals surface area (Å²) in [5.74, 6) is 0.615. The Morgan fingerprint density at radius 3 is 2.61 bits per heavy atom. The third-order valence-electron chi connectivity index (χ3n) is 6.99. The second-order valence-electron chi connectivity index (χ2n) is 9.70. The molecule has 176 valence electrons. The van der Waals surface area contributed by atoms with Crippen molar-refractivity contribution >= 4 is 17.4 Å². The Morgan fingerprint density at radius 2 is 1.94 bits per heavy atom. The average molecular weight is 451 g/mol. The zero-order valence-corrected chi connectivity index (χ0v) is 19.7. The monoisotopic (exact) mass is 450 g/mol. The molecule has 33 heavy (non-hydrogen) atoms. The van der Waals surface area contributed by atoms with Gasteiger partial charge >= 0.3 is 0 Å². The van der Waals surface area contributed by atoms with Gasteiger partial charge in [-0.2, -0.15) is 0 Å². The van der Waals surface area contributed by atoms with Gasteiger partial charge < -0.3 is 20.5 Å². The van der Waals surface area contributed by atoms with E-state index >= 15 is 0 Å². The molecule has 0 bridgehead atoms. The van der Waals surface area contributed by atoms with Gasteiger partial charge in [-0.3, -0.25) is 9.59 Å². The summed E-state index contributed by atoms with van der Waals surface area (Å²) in [5, 5.41) is 17.1. The zero-order chi connectivity index (χ0) is 23.6. The van der Waals surface area contributed by atoms with Gasteiger partial charge in [0.05, 0.1) is 0 Å². The number of hydrogen-bond acceptors (Lipinski definition) is 5. The predicted octanol–water partition coefficient (Wildman–Crippen LogP) is 4.08. The Kier molecular flexibility index (Phi) is 6.75. The zero-order valence-electron chi connectivity index (χ0n) is 19.7. The first-order valence-electron chi connectivity index (χ1n) is 11.9. The van der Waals surface area contributed by atoms with Crippen LogP contribution in [0.1, 0.15) is 66.9 Å². The molecule has 1 aliphatic carbocycles. The van der Waals surface area contributed by atoms with Crippen molar-refractivity contribution in [2.45, 2.75) is 63.6 Å². The smallest absolute Gasteiger partial charge is 0.251 e. The molecule has 4 rings (SSSR count). The number of fused-ring (bicyclic) bond motifs is 1. The number of aliphatic hydroxyl groups is 1. The molecule has 6 heteroatoms. The van der Waals surface area contributed by atoms with Crippen molar-refractivity contribution < 1.29 is 19.4 Å². The fraction of sp³-hybridized carbons (Fsp3) is 0.481. The minimum absolute atomic E-state index is 0.0935. The summed E-state index contributed by atoms with van der Waals surface area (Å²) < 4.78 is 6.13. The summed E-state index contributed by atoms with van der Waals surface area (Å²) in [6.45, 7) is 4.59. The lowest BCUT2D eigenvalue weighted by atomic mass is 9.73. The Hall–Kier alpha value is -2.86. The van der Waals surface area contributed by atoms with E-state index in [9.17, 15) is 14.7 Å². The van der Waals surface area contributed by atoms with Crippen LogP contribution in [0.5, 0.6) is 5.75 Å². The molecule has 2 aromatic carbocycles. The molecule has 1 aliphatic heterocycles. The first-order chi connectivity index (χ1) is 15.8. The number of aliphatic hydroxyl groups excluding tert-OH is 1. The lowest BCUT2D eigenvalue weighted by Gasteiger charge is -2.44. The van der Waals surface area contributed by atoms with Crippen molar-refractivity contribution in [2.24, 2.45) is 5.92 Å². The topological polar surface area (TPSA) is 87.7 Å². The summed E-state index contributed by atoms with van der Waals surface area (Å²) in [6.07, 6.45) is 3.44. The minimum Gasteiger partial charge on any atom is -0.485 e. The first kappa shape index (κ1) is 23.3. The molecular weight excluding hydrogens is 416 g/mol. The molecule has 3 atom stereocenters. The van der Waals surface area contributed by atoms with Crippen molar-refractivity contribution in [1.29, 1.82) is 0 Å². The standard InChI is InChI=1S/C27H34N2O4/c1-27(2)25(31)24(20-7-4-8-22(20)30)21-16-17(9-14-23(21)33-27)6-5-15-29-19-12-10-18(11-13-19)26(32)28-3/h9-14,16,20,24-25,29,31H,4-8,15H2,1-3H3,(H,28,32)/t20?,24-,25+/m1/s1. The average Bonchev–Trinajstić information content (AvgIpc) is 3.23. The molecule has 0 aromatic heterocycles. The quantitative estimate of drug-likeness (QED) is 0.554. The van der Waals surface area contributed by atoms with Crippen LogP contribution in [0.4, 0.5) is 5.69 Å². The third kappa shape index (κ3) is 4.91. The van der Waals surface area contributed by atoms with Gasteiger partial charge in [0.2, 0.25) is 0 Å². The summed E-state index contributed by atoms with van der Waals surface area (Å²) in [7, 11) is 1.62. The Balaban J connectivity index is 1.41. The minimum atomic E-state index is -0.723. The molecular formula is C27H34N2O4. The van der Waals surface area contributed by atoms with Crippen LogP contribution in [-0.4, -0.2) is 42.1 Å². The van der Waals surface area contributed by atoms with Gasteiger partial charge in [0.25, 0.3) is 5.91 Å². The molecule has 6 nitrogen and oxygen atoms in total.